The Hall–Kier alpha value is -2.89. The van der Waals surface area contributed by atoms with E-state index in [2.05, 4.69) is 42.6 Å². The second-order valence-corrected chi connectivity index (χ2v) is 9.06. The van der Waals surface area contributed by atoms with Gasteiger partial charge in [-0.3, -0.25) is 4.90 Å². The van der Waals surface area contributed by atoms with Gasteiger partial charge in [-0.15, -0.1) is 0 Å². The second kappa shape index (κ2) is 12.7. The summed E-state index contributed by atoms with van der Waals surface area (Å²) in [6.45, 7) is 11.0. The quantitative estimate of drug-likeness (QED) is 0.279. The van der Waals surface area contributed by atoms with Gasteiger partial charge in [0.1, 0.15) is 23.5 Å². The normalized spacial score (nSPS) is 18.9. The molecule has 4 rings (SSSR count). The molecule has 0 unspecified atom stereocenters. The van der Waals surface area contributed by atoms with Crippen LogP contribution in [0, 0.1) is 5.41 Å². The topological polar surface area (TPSA) is 127 Å². The van der Waals surface area contributed by atoms with E-state index in [4.69, 9.17) is 20.1 Å². The minimum absolute atomic E-state index is 0.339. The van der Waals surface area contributed by atoms with E-state index in [0.717, 1.165) is 32.7 Å². The molecule has 2 aliphatic rings. The zero-order chi connectivity index (χ0) is 24.5. The summed E-state index contributed by atoms with van der Waals surface area (Å²) >= 11 is 0. The maximum absolute atomic E-state index is 9.06. The lowest BCUT2D eigenvalue weighted by Gasteiger charge is -2.33. The average Bonchev–Trinajstić information content (AvgIpc) is 2.88. The third-order valence-corrected chi connectivity index (χ3v) is 6.25. The largest absolute Gasteiger partial charge is 0.380 e. The van der Waals surface area contributed by atoms with Crippen molar-refractivity contribution in [1.29, 1.82) is 5.41 Å². The maximum atomic E-state index is 9.06. The molecule has 1 atom stereocenters. The van der Waals surface area contributed by atoms with Crippen LogP contribution in [0.15, 0.2) is 18.6 Å². The molecular formula is C24H38N10O. The minimum Gasteiger partial charge on any atom is -0.380 e. The lowest BCUT2D eigenvalue weighted by molar-refractivity contribution is 0.158. The Morgan fingerprint density at radius 2 is 2.09 bits per heavy atom. The highest BCUT2D eigenvalue weighted by Crippen LogP contribution is 2.29. The number of rotatable bonds is 11. The molecule has 0 amide bonds. The van der Waals surface area contributed by atoms with Gasteiger partial charge in [-0.1, -0.05) is 6.42 Å². The summed E-state index contributed by atoms with van der Waals surface area (Å²) in [6, 6.07) is 2.14. The molecule has 4 N–H and O–H groups in total. The molecule has 11 nitrogen and oxygen atoms in total. The van der Waals surface area contributed by atoms with E-state index in [0.29, 0.717) is 67.0 Å². The number of hydrogen-bond donors (Lipinski definition) is 4. The van der Waals surface area contributed by atoms with Crippen molar-refractivity contribution >= 4 is 29.0 Å². The lowest BCUT2D eigenvalue weighted by Crippen LogP contribution is -2.50. The number of anilines is 4. The number of hydrogen-bond acceptors (Lipinski definition) is 11. The van der Waals surface area contributed by atoms with Gasteiger partial charge >= 0.3 is 0 Å². The molecule has 0 spiro atoms. The highest BCUT2D eigenvalue weighted by Gasteiger charge is 2.25. The van der Waals surface area contributed by atoms with Crippen LogP contribution in [0.5, 0.6) is 0 Å². The van der Waals surface area contributed by atoms with Crippen molar-refractivity contribution in [2.24, 2.45) is 0 Å². The van der Waals surface area contributed by atoms with E-state index in [1.165, 1.54) is 25.6 Å². The van der Waals surface area contributed by atoms with Crippen molar-refractivity contribution < 1.29 is 4.74 Å². The predicted molar refractivity (Wildman–Crippen MR) is 139 cm³/mol. The SMILES string of the molecule is CCOCCNc1c(Nc2ccncn2)nc(N2CCN[C@@H](C)C2)nc1C(=N)CN1CCCCC1. The Morgan fingerprint density at radius 1 is 1.23 bits per heavy atom. The molecule has 0 aromatic carbocycles. The highest BCUT2D eigenvalue weighted by atomic mass is 16.5. The van der Waals surface area contributed by atoms with Crippen molar-refractivity contribution in [2.75, 3.05) is 74.6 Å². The number of nitrogens with one attached hydrogen (secondary N) is 4. The molecule has 0 bridgehead atoms. The van der Waals surface area contributed by atoms with Crippen LogP contribution >= 0.6 is 0 Å². The standard InChI is InChI=1S/C24H38N10O/c1-3-35-14-10-28-22-21(19(25)16-33-11-5-4-6-12-33)31-24(34-13-9-27-18(2)15-34)32-23(22)30-20-7-8-26-17-29-20/h7-8,17-18,25,27-28H,3-6,9-16H2,1-2H3,(H,26,29,30,31,32)/t18-/m0/s1. The van der Waals surface area contributed by atoms with E-state index in [9.17, 15) is 0 Å². The molecule has 2 aromatic heterocycles. The Morgan fingerprint density at radius 3 is 2.83 bits per heavy atom. The van der Waals surface area contributed by atoms with Crippen molar-refractivity contribution in [1.82, 2.24) is 30.2 Å². The van der Waals surface area contributed by atoms with Crippen LogP contribution in [0.2, 0.25) is 0 Å². The molecule has 4 heterocycles. The van der Waals surface area contributed by atoms with Crippen LogP contribution in [-0.2, 0) is 4.74 Å². The van der Waals surface area contributed by atoms with Gasteiger partial charge in [0, 0.05) is 51.6 Å². The lowest BCUT2D eigenvalue weighted by atomic mass is 10.1. The van der Waals surface area contributed by atoms with Gasteiger partial charge in [0.05, 0.1) is 12.3 Å². The van der Waals surface area contributed by atoms with Crippen LogP contribution in [-0.4, -0.2) is 95.6 Å². The number of likely N-dealkylation sites (tertiary alicyclic amines) is 1. The van der Waals surface area contributed by atoms with Gasteiger partial charge < -0.3 is 31.0 Å². The third-order valence-electron chi connectivity index (χ3n) is 6.25. The first-order valence-electron chi connectivity index (χ1n) is 12.7. The number of ether oxygens (including phenoxy) is 1. The molecule has 35 heavy (non-hydrogen) atoms. The molecular weight excluding hydrogens is 444 g/mol. The summed E-state index contributed by atoms with van der Waals surface area (Å²) in [5.74, 6) is 1.87. The van der Waals surface area contributed by atoms with Crippen LogP contribution in [0.1, 0.15) is 38.8 Å². The summed E-state index contributed by atoms with van der Waals surface area (Å²) in [5, 5.41) is 19.3. The fraction of sp³-hybridized carbons (Fsp3) is 0.625. The molecule has 2 saturated heterocycles. The van der Waals surface area contributed by atoms with Crippen molar-refractivity contribution in [3.05, 3.63) is 24.3 Å². The molecule has 190 valence electrons. The first-order chi connectivity index (χ1) is 17.1. The average molecular weight is 483 g/mol. The van der Waals surface area contributed by atoms with Crippen LogP contribution < -0.4 is 20.9 Å². The number of piperazine rings is 1. The van der Waals surface area contributed by atoms with Crippen LogP contribution in [0.3, 0.4) is 0 Å². The Labute approximate surface area is 207 Å². The zero-order valence-electron chi connectivity index (χ0n) is 20.9. The van der Waals surface area contributed by atoms with Crippen molar-refractivity contribution in [3.63, 3.8) is 0 Å². The van der Waals surface area contributed by atoms with Gasteiger partial charge in [0.25, 0.3) is 0 Å². The summed E-state index contributed by atoms with van der Waals surface area (Å²) < 4.78 is 5.54. The molecule has 0 aliphatic carbocycles. The number of aromatic nitrogens is 4. The minimum atomic E-state index is 0.339. The van der Waals surface area contributed by atoms with E-state index in [1.54, 1.807) is 12.3 Å². The maximum Gasteiger partial charge on any atom is 0.228 e. The molecule has 2 aliphatic heterocycles. The molecule has 0 saturated carbocycles. The first-order valence-corrected chi connectivity index (χ1v) is 12.7. The molecule has 11 heteroatoms. The fourth-order valence-corrected chi connectivity index (χ4v) is 4.48. The summed E-state index contributed by atoms with van der Waals surface area (Å²) in [5.41, 5.74) is 1.82. The van der Waals surface area contributed by atoms with E-state index >= 15 is 0 Å². The summed E-state index contributed by atoms with van der Waals surface area (Å²) in [6.07, 6.45) is 6.82. The third kappa shape index (κ3) is 7.06. The van der Waals surface area contributed by atoms with Gasteiger partial charge in [0.15, 0.2) is 5.82 Å². The zero-order valence-corrected chi connectivity index (χ0v) is 20.9. The molecule has 0 radical (unpaired) electrons. The summed E-state index contributed by atoms with van der Waals surface area (Å²) in [4.78, 5) is 22.8. The van der Waals surface area contributed by atoms with Crippen molar-refractivity contribution in [2.45, 2.75) is 39.2 Å². The van der Waals surface area contributed by atoms with Crippen LogP contribution in [0.25, 0.3) is 0 Å². The van der Waals surface area contributed by atoms with Gasteiger partial charge in [-0.25, -0.2) is 15.0 Å². The van der Waals surface area contributed by atoms with E-state index in [-0.39, 0.29) is 0 Å². The highest BCUT2D eigenvalue weighted by molar-refractivity contribution is 6.05. The van der Waals surface area contributed by atoms with Crippen molar-refractivity contribution in [3.8, 4) is 0 Å². The monoisotopic (exact) mass is 482 g/mol. The first kappa shape index (κ1) is 25.2. The van der Waals surface area contributed by atoms with E-state index in [1.807, 2.05) is 6.92 Å². The number of nitrogens with zero attached hydrogens (tertiary/aromatic N) is 6. The Balaban J connectivity index is 1.70. The predicted octanol–water partition coefficient (Wildman–Crippen LogP) is 2.11. The molecule has 2 aromatic rings. The Bertz CT molecular complexity index is 951. The van der Waals surface area contributed by atoms with Gasteiger partial charge in [-0.2, -0.15) is 4.98 Å². The number of piperidine rings is 1. The fourth-order valence-electron chi connectivity index (χ4n) is 4.48. The second-order valence-electron chi connectivity index (χ2n) is 9.06. The van der Waals surface area contributed by atoms with Crippen LogP contribution in [0.4, 0.5) is 23.3 Å². The summed E-state index contributed by atoms with van der Waals surface area (Å²) in [7, 11) is 0. The Kier molecular flexibility index (Phi) is 9.15. The van der Waals surface area contributed by atoms with E-state index < -0.39 is 0 Å². The van der Waals surface area contributed by atoms with Gasteiger partial charge in [-0.05, 0) is 45.8 Å². The molecule has 2 fully saturated rings. The van der Waals surface area contributed by atoms with Gasteiger partial charge in [0.2, 0.25) is 5.95 Å². The smallest absolute Gasteiger partial charge is 0.228 e.